The highest BCUT2D eigenvalue weighted by molar-refractivity contribution is 5.76. The Balaban J connectivity index is 2.79. The number of rotatable bonds is 3. The molecule has 1 aromatic rings. The first kappa shape index (κ1) is 10.4. The number of anilines is 1. The number of carboxylic acids is 1. The summed E-state index contributed by atoms with van der Waals surface area (Å²) < 4.78 is 5.26. The summed E-state index contributed by atoms with van der Waals surface area (Å²) in [5.74, 6) is -0.513. The van der Waals surface area contributed by atoms with Crippen molar-refractivity contribution in [1.82, 2.24) is 0 Å². The van der Waals surface area contributed by atoms with Gasteiger partial charge in [-0.05, 0) is 38.1 Å². The molecule has 3 N–H and O–H groups in total. The molecule has 76 valence electrons. The maximum atomic E-state index is 10.7. The molecule has 1 rings (SSSR count). The van der Waals surface area contributed by atoms with Gasteiger partial charge in [-0.3, -0.25) is 0 Å². The molecule has 0 unspecified atom stereocenters. The third-order valence-electron chi connectivity index (χ3n) is 1.77. The van der Waals surface area contributed by atoms with Gasteiger partial charge in [0.05, 0.1) is 0 Å². The molecule has 0 atom stereocenters. The normalized spacial score (nSPS) is 11.0. The molecule has 14 heavy (non-hydrogen) atoms. The molecule has 0 bridgehead atoms. The predicted octanol–water partition coefficient (Wildman–Crippen LogP) is 1.51. The van der Waals surface area contributed by atoms with Gasteiger partial charge in [0.2, 0.25) is 0 Å². The monoisotopic (exact) mass is 195 g/mol. The standard InChI is InChI=1S/C10H13NO3/c1-10(2,9(12)13)14-8-5-3-7(11)4-6-8/h3-6H,11H2,1-2H3,(H,12,13). The summed E-state index contributed by atoms with van der Waals surface area (Å²) in [4.78, 5) is 10.7. The van der Waals surface area contributed by atoms with Crippen LogP contribution in [0.5, 0.6) is 5.75 Å². The van der Waals surface area contributed by atoms with Gasteiger partial charge in [-0.2, -0.15) is 0 Å². The van der Waals surface area contributed by atoms with Crippen LogP contribution < -0.4 is 10.5 Å². The van der Waals surface area contributed by atoms with E-state index >= 15 is 0 Å². The quantitative estimate of drug-likeness (QED) is 0.717. The van der Waals surface area contributed by atoms with Crippen molar-refractivity contribution < 1.29 is 14.6 Å². The fourth-order valence-electron chi connectivity index (χ4n) is 0.874. The fraction of sp³-hybridized carbons (Fsp3) is 0.300. The number of carbonyl (C=O) groups is 1. The van der Waals surface area contributed by atoms with Crippen molar-refractivity contribution in [2.45, 2.75) is 19.4 Å². The molecule has 0 saturated heterocycles. The van der Waals surface area contributed by atoms with E-state index in [2.05, 4.69) is 0 Å². The van der Waals surface area contributed by atoms with Crippen LogP contribution in [0, 0.1) is 0 Å². The Hall–Kier alpha value is -1.71. The second-order valence-corrected chi connectivity index (χ2v) is 3.49. The third-order valence-corrected chi connectivity index (χ3v) is 1.77. The van der Waals surface area contributed by atoms with Crippen LogP contribution >= 0.6 is 0 Å². The topological polar surface area (TPSA) is 72.5 Å². The highest BCUT2D eigenvalue weighted by atomic mass is 16.5. The summed E-state index contributed by atoms with van der Waals surface area (Å²) >= 11 is 0. The molecular weight excluding hydrogens is 182 g/mol. The minimum Gasteiger partial charge on any atom is -0.478 e. The number of aliphatic carboxylic acids is 1. The molecule has 0 saturated carbocycles. The lowest BCUT2D eigenvalue weighted by Crippen LogP contribution is -2.37. The van der Waals surface area contributed by atoms with Crippen LogP contribution in [0.1, 0.15) is 13.8 Å². The summed E-state index contributed by atoms with van der Waals surface area (Å²) in [6, 6.07) is 6.60. The van der Waals surface area contributed by atoms with E-state index < -0.39 is 11.6 Å². The van der Waals surface area contributed by atoms with Crippen molar-refractivity contribution in [3.63, 3.8) is 0 Å². The summed E-state index contributed by atoms with van der Waals surface area (Å²) in [7, 11) is 0. The van der Waals surface area contributed by atoms with E-state index in [9.17, 15) is 4.79 Å². The molecule has 0 radical (unpaired) electrons. The van der Waals surface area contributed by atoms with Crippen molar-refractivity contribution in [2.24, 2.45) is 0 Å². The van der Waals surface area contributed by atoms with Crippen LogP contribution in [0.15, 0.2) is 24.3 Å². The average Bonchev–Trinajstić information content (AvgIpc) is 2.08. The summed E-state index contributed by atoms with van der Waals surface area (Å²) in [5.41, 5.74) is 4.87. The van der Waals surface area contributed by atoms with Crippen molar-refractivity contribution in [3.05, 3.63) is 24.3 Å². The molecular formula is C10H13NO3. The summed E-state index contributed by atoms with van der Waals surface area (Å²) in [5, 5.41) is 8.81. The predicted molar refractivity (Wildman–Crippen MR) is 53.2 cm³/mol. The van der Waals surface area contributed by atoms with Crippen LogP contribution in [0.4, 0.5) is 5.69 Å². The zero-order chi connectivity index (χ0) is 10.8. The van der Waals surface area contributed by atoms with Crippen molar-refractivity contribution >= 4 is 11.7 Å². The van der Waals surface area contributed by atoms with Crippen LogP contribution in [0.25, 0.3) is 0 Å². The summed E-state index contributed by atoms with van der Waals surface area (Å²) in [6.45, 7) is 2.98. The zero-order valence-electron chi connectivity index (χ0n) is 8.15. The van der Waals surface area contributed by atoms with Gasteiger partial charge in [-0.25, -0.2) is 4.79 Å². The first-order chi connectivity index (χ1) is 6.42. The van der Waals surface area contributed by atoms with E-state index in [1.165, 1.54) is 13.8 Å². The Kier molecular flexibility index (Phi) is 2.65. The molecule has 0 fully saturated rings. The Morgan fingerprint density at radius 3 is 2.29 bits per heavy atom. The lowest BCUT2D eigenvalue weighted by atomic mass is 10.1. The lowest BCUT2D eigenvalue weighted by Gasteiger charge is -2.21. The second-order valence-electron chi connectivity index (χ2n) is 3.49. The smallest absolute Gasteiger partial charge is 0.347 e. The number of ether oxygens (including phenoxy) is 1. The Morgan fingerprint density at radius 2 is 1.86 bits per heavy atom. The van der Waals surface area contributed by atoms with Gasteiger partial charge in [0.1, 0.15) is 5.75 Å². The van der Waals surface area contributed by atoms with Gasteiger partial charge < -0.3 is 15.6 Å². The van der Waals surface area contributed by atoms with Gasteiger partial charge in [-0.15, -0.1) is 0 Å². The van der Waals surface area contributed by atoms with Crippen molar-refractivity contribution in [1.29, 1.82) is 0 Å². The van der Waals surface area contributed by atoms with Gasteiger partial charge in [0.15, 0.2) is 5.60 Å². The first-order valence-electron chi connectivity index (χ1n) is 4.20. The number of hydrogen-bond donors (Lipinski definition) is 2. The maximum absolute atomic E-state index is 10.7. The molecule has 0 aliphatic heterocycles. The van der Waals surface area contributed by atoms with Gasteiger partial charge in [-0.1, -0.05) is 0 Å². The number of carboxylic acid groups (broad SMARTS) is 1. The SMILES string of the molecule is CC(C)(Oc1ccc(N)cc1)C(=O)O. The molecule has 4 heteroatoms. The fourth-order valence-corrected chi connectivity index (χ4v) is 0.874. The van der Waals surface area contributed by atoms with E-state index in [1.54, 1.807) is 24.3 Å². The highest BCUT2D eigenvalue weighted by Gasteiger charge is 2.29. The zero-order valence-corrected chi connectivity index (χ0v) is 8.15. The van der Waals surface area contributed by atoms with Gasteiger partial charge >= 0.3 is 5.97 Å². The summed E-state index contributed by atoms with van der Waals surface area (Å²) in [6.07, 6.45) is 0. The van der Waals surface area contributed by atoms with Gasteiger partial charge in [0.25, 0.3) is 0 Å². The highest BCUT2D eigenvalue weighted by Crippen LogP contribution is 2.19. The van der Waals surface area contributed by atoms with E-state index in [4.69, 9.17) is 15.6 Å². The van der Waals surface area contributed by atoms with Crippen LogP contribution in [0.2, 0.25) is 0 Å². The third kappa shape index (κ3) is 2.39. The maximum Gasteiger partial charge on any atom is 0.347 e. The molecule has 0 aliphatic carbocycles. The number of nitrogen functional groups attached to an aromatic ring is 1. The molecule has 0 aromatic heterocycles. The van der Waals surface area contributed by atoms with Crippen LogP contribution in [-0.2, 0) is 4.79 Å². The molecule has 0 spiro atoms. The Morgan fingerprint density at radius 1 is 1.36 bits per heavy atom. The number of nitrogens with two attached hydrogens (primary N) is 1. The molecule has 0 heterocycles. The van der Waals surface area contributed by atoms with E-state index in [1.807, 2.05) is 0 Å². The van der Waals surface area contributed by atoms with E-state index in [-0.39, 0.29) is 0 Å². The van der Waals surface area contributed by atoms with E-state index in [0.29, 0.717) is 11.4 Å². The van der Waals surface area contributed by atoms with Crippen LogP contribution in [-0.4, -0.2) is 16.7 Å². The molecule has 0 amide bonds. The van der Waals surface area contributed by atoms with Crippen LogP contribution in [0.3, 0.4) is 0 Å². The Labute approximate surface area is 82.3 Å². The minimum absolute atomic E-state index is 0.492. The average molecular weight is 195 g/mol. The molecule has 1 aromatic carbocycles. The minimum atomic E-state index is -1.23. The van der Waals surface area contributed by atoms with E-state index in [0.717, 1.165) is 0 Å². The largest absolute Gasteiger partial charge is 0.478 e. The molecule has 0 aliphatic rings. The number of hydrogen-bond acceptors (Lipinski definition) is 3. The molecule has 4 nitrogen and oxygen atoms in total. The first-order valence-corrected chi connectivity index (χ1v) is 4.20. The second kappa shape index (κ2) is 3.57. The Bertz CT molecular complexity index is 330. The lowest BCUT2D eigenvalue weighted by molar-refractivity contribution is -0.152. The number of benzene rings is 1. The van der Waals surface area contributed by atoms with Crippen molar-refractivity contribution in [2.75, 3.05) is 5.73 Å². The van der Waals surface area contributed by atoms with Crippen molar-refractivity contribution in [3.8, 4) is 5.75 Å². The van der Waals surface area contributed by atoms with Gasteiger partial charge in [0, 0.05) is 5.69 Å².